The Hall–Kier alpha value is -2.27. The van der Waals surface area contributed by atoms with E-state index in [1.54, 1.807) is 18.9 Å². The van der Waals surface area contributed by atoms with Crippen LogP contribution in [0.15, 0.2) is 30.3 Å². The smallest absolute Gasteiger partial charge is 0.224 e. The molecule has 5 heteroatoms. The highest BCUT2D eigenvalue weighted by Crippen LogP contribution is 2.25. The Kier molecular flexibility index (Phi) is 8.54. The Morgan fingerprint density at radius 2 is 1.70 bits per heavy atom. The van der Waals surface area contributed by atoms with Gasteiger partial charge in [-0.05, 0) is 56.5 Å². The molecule has 0 aliphatic heterocycles. The molecule has 0 radical (unpaired) electrons. The molecular formula is C25H38N4O. The molecule has 30 heavy (non-hydrogen) atoms. The number of nitrogens with zero attached hydrogens (tertiary/aromatic N) is 4. The van der Waals surface area contributed by atoms with Crippen molar-refractivity contribution in [2.75, 3.05) is 18.5 Å². The first-order valence-electron chi connectivity index (χ1n) is 11.1. The van der Waals surface area contributed by atoms with E-state index < -0.39 is 0 Å². The lowest BCUT2D eigenvalue weighted by molar-refractivity contribution is -0.116. The number of aromatic nitrogens is 2. The minimum absolute atomic E-state index is 0.0172. The molecule has 0 saturated carbocycles. The van der Waals surface area contributed by atoms with E-state index in [2.05, 4.69) is 58.6 Å². The number of carbonyl (C=O) groups is 1. The Bertz CT molecular complexity index is 847. The average Bonchev–Trinajstić information content (AvgIpc) is 2.71. The molecule has 5 nitrogen and oxygen atoms in total. The van der Waals surface area contributed by atoms with Gasteiger partial charge in [0.25, 0.3) is 0 Å². The van der Waals surface area contributed by atoms with Crippen LogP contribution in [-0.4, -0.2) is 40.4 Å². The second-order valence-corrected chi connectivity index (χ2v) is 8.76. The summed E-state index contributed by atoms with van der Waals surface area (Å²) in [6.07, 6.45) is 0.872. The first kappa shape index (κ1) is 24.0. The van der Waals surface area contributed by atoms with E-state index in [0.717, 1.165) is 30.9 Å². The highest BCUT2D eigenvalue weighted by molar-refractivity contribution is 5.89. The standard InChI is InChI=1S/C25H38N4O/c1-9-29(18(4)5)16-24-21(13-14-22(26-24)17(2)3)15-19(6)23-11-10-12-25(27-23)28(8)20(7)30/h10-14,17-19H,9,15-16H2,1-8H3. The fraction of sp³-hybridized carbons (Fsp3) is 0.560. The molecule has 0 fully saturated rings. The van der Waals surface area contributed by atoms with Crippen LogP contribution >= 0.6 is 0 Å². The van der Waals surface area contributed by atoms with Crippen molar-refractivity contribution in [3.63, 3.8) is 0 Å². The van der Waals surface area contributed by atoms with Gasteiger partial charge in [0.15, 0.2) is 0 Å². The molecule has 2 heterocycles. The molecule has 164 valence electrons. The van der Waals surface area contributed by atoms with Crippen LogP contribution in [-0.2, 0) is 17.8 Å². The zero-order valence-electron chi connectivity index (χ0n) is 19.9. The lowest BCUT2D eigenvalue weighted by atomic mass is 9.95. The Morgan fingerprint density at radius 3 is 2.27 bits per heavy atom. The lowest BCUT2D eigenvalue weighted by Gasteiger charge is -2.26. The number of hydrogen-bond acceptors (Lipinski definition) is 4. The molecule has 2 rings (SSSR count). The van der Waals surface area contributed by atoms with Crippen LogP contribution in [0.25, 0.3) is 0 Å². The predicted octanol–water partition coefficient (Wildman–Crippen LogP) is 5.16. The number of amides is 1. The van der Waals surface area contributed by atoms with E-state index in [0.29, 0.717) is 17.8 Å². The van der Waals surface area contributed by atoms with Crippen molar-refractivity contribution in [2.45, 2.75) is 79.3 Å². The van der Waals surface area contributed by atoms with Crippen molar-refractivity contribution < 1.29 is 4.79 Å². The number of anilines is 1. The summed E-state index contributed by atoms with van der Waals surface area (Å²) in [5.74, 6) is 1.31. The SMILES string of the molecule is CCN(Cc1nc(C(C)C)ccc1CC(C)c1cccc(N(C)C(C)=O)n1)C(C)C. The van der Waals surface area contributed by atoms with Crippen LogP contribution in [0, 0.1) is 0 Å². The summed E-state index contributed by atoms with van der Waals surface area (Å²) in [4.78, 5) is 25.5. The van der Waals surface area contributed by atoms with Gasteiger partial charge in [-0.3, -0.25) is 14.7 Å². The van der Waals surface area contributed by atoms with Gasteiger partial charge in [-0.2, -0.15) is 0 Å². The van der Waals surface area contributed by atoms with Gasteiger partial charge < -0.3 is 4.90 Å². The first-order valence-corrected chi connectivity index (χ1v) is 11.1. The summed E-state index contributed by atoms with van der Waals surface area (Å²) in [5, 5.41) is 0. The molecule has 2 aromatic rings. The molecule has 0 aromatic carbocycles. The summed E-state index contributed by atoms with van der Waals surface area (Å²) in [6.45, 7) is 16.7. The number of rotatable bonds is 9. The Labute approximate surface area is 182 Å². The van der Waals surface area contributed by atoms with Gasteiger partial charge in [0.2, 0.25) is 5.91 Å². The molecule has 1 amide bonds. The molecule has 2 aromatic heterocycles. The van der Waals surface area contributed by atoms with Gasteiger partial charge in [0, 0.05) is 43.9 Å². The number of carbonyl (C=O) groups excluding carboxylic acids is 1. The van der Waals surface area contributed by atoms with Gasteiger partial charge in [-0.1, -0.05) is 39.8 Å². The Morgan fingerprint density at radius 1 is 1.00 bits per heavy atom. The quantitative estimate of drug-likeness (QED) is 0.573. The molecule has 0 spiro atoms. The van der Waals surface area contributed by atoms with Crippen LogP contribution in [0.5, 0.6) is 0 Å². The third kappa shape index (κ3) is 6.11. The molecule has 0 bridgehead atoms. The maximum atomic E-state index is 11.7. The number of hydrogen-bond donors (Lipinski definition) is 0. The second-order valence-electron chi connectivity index (χ2n) is 8.76. The maximum Gasteiger partial charge on any atom is 0.224 e. The third-order valence-corrected chi connectivity index (χ3v) is 5.77. The first-order chi connectivity index (χ1) is 14.1. The predicted molar refractivity (Wildman–Crippen MR) is 125 cm³/mol. The van der Waals surface area contributed by atoms with E-state index in [1.807, 2.05) is 18.2 Å². The fourth-order valence-electron chi connectivity index (χ4n) is 3.54. The largest absolute Gasteiger partial charge is 0.300 e. The van der Waals surface area contributed by atoms with Crippen molar-refractivity contribution in [1.82, 2.24) is 14.9 Å². The van der Waals surface area contributed by atoms with Crippen molar-refractivity contribution >= 4 is 11.7 Å². The normalized spacial score (nSPS) is 12.6. The van der Waals surface area contributed by atoms with Gasteiger partial charge in [-0.15, -0.1) is 0 Å². The van der Waals surface area contributed by atoms with Crippen LogP contribution < -0.4 is 4.90 Å². The highest BCUT2D eigenvalue weighted by Gasteiger charge is 2.18. The minimum Gasteiger partial charge on any atom is -0.300 e. The van der Waals surface area contributed by atoms with E-state index in [9.17, 15) is 4.79 Å². The summed E-state index contributed by atoms with van der Waals surface area (Å²) in [7, 11) is 1.76. The van der Waals surface area contributed by atoms with Gasteiger partial charge in [0.05, 0.1) is 5.69 Å². The zero-order chi connectivity index (χ0) is 22.4. The van der Waals surface area contributed by atoms with Crippen molar-refractivity contribution in [3.8, 4) is 0 Å². The summed E-state index contributed by atoms with van der Waals surface area (Å²) in [6, 6.07) is 10.8. The summed E-state index contributed by atoms with van der Waals surface area (Å²) < 4.78 is 0. The summed E-state index contributed by atoms with van der Waals surface area (Å²) in [5.41, 5.74) is 4.58. The molecule has 1 atom stereocenters. The van der Waals surface area contributed by atoms with Gasteiger partial charge in [-0.25, -0.2) is 4.98 Å². The molecular weight excluding hydrogens is 372 g/mol. The number of pyridine rings is 2. The topological polar surface area (TPSA) is 49.3 Å². The molecule has 0 N–H and O–H groups in total. The van der Waals surface area contributed by atoms with E-state index >= 15 is 0 Å². The van der Waals surface area contributed by atoms with Crippen LogP contribution in [0.4, 0.5) is 5.82 Å². The van der Waals surface area contributed by atoms with Gasteiger partial charge >= 0.3 is 0 Å². The molecule has 0 aliphatic carbocycles. The van der Waals surface area contributed by atoms with E-state index in [4.69, 9.17) is 9.97 Å². The Balaban J connectivity index is 2.32. The van der Waals surface area contributed by atoms with Crippen molar-refractivity contribution in [2.24, 2.45) is 0 Å². The second kappa shape index (κ2) is 10.7. The molecule has 0 aliphatic rings. The molecule has 1 unspecified atom stereocenters. The zero-order valence-corrected chi connectivity index (χ0v) is 19.9. The molecule has 0 saturated heterocycles. The maximum absolute atomic E-state index is 11.7. The van der Waals surface area contributed by atoms with E-state index in [1.165, 1.54) is 11.3 Å². The fourth-order valence-corrected chi connectivity index (χ4v) is 3.54. The third-order valence-electron chi connectivity index (χ3n) is 5.77. The van der Waals surface area contributed by atoms with Crippen LogP contribution in [0.2, 0.25) is 0 Å². The highest BCUT2D eigenvalue weighted by atomic mass is 16.2. The minimum atomic E-state index is -0.0172. The lowest BCUT2D eigenvalue weighted by Crippen LogP contribution is -2.31. The van der Waals surface area contributed by atoms with Crippen LogP contribution in [0.3, 0.4) is 0 Å². The van der Waals surface area contributed by atoms with Crippen molar-refractivity contribution in [1.29, 1.82) is 0 Å². The van der Waals surface area contributed by atoms with Gasteiger partial charge in [0.1, 0.15) is 5.82 Å². The monoisotopic (exact) mass is 410 g/mol. The van der Waals surface area contributed by atoms with E-state index in [-0.39, 0.29) is 11.8 Å². The van der Waals surface area contributed by atoms with Crippen LogP contribution in [0.1, 0.15) is 82.9 Å². The van der Waals surface area contributed by atoms with Crippen molar-refractivity contribution in [3.05, 3.63) is 53.0 Å². The summed E-state index contributed by atoms with van der Waals surface area (Å²) >= 11 is 0. The average molecular weight is 411 g/mol.